The van der Waals surface area contributed by atoms with Gasteiger partial charge in [-0.15, -0.1) is 0 Å². The highest BCUT2D eigenvalue weighted by molar-refractivity contribution is 7.85. The Bertz CT molecular complexity index is 1000. The van der Waals surface area contributed by atoms with E-state index in [1.54, 1.807) is 16.7 Å². The van der Waals surface area contributed by atoms with Crippen LogP contribution in [0.3, 0.4) is 0 Å². The molecule has 4 rings (SSSR count). The Balaban J connectivity index is 1.56. The molecule has 2 aromatic rings. The van der Waals surface area contributed by atoms with E-state index in [-0.39, 0.29) is 24.1 Å². The van der Waals surface area contributed by atoms with Gasteiger partial charge in [0.2, 0.25) is 5.88 Å². The fourth-order valence-corrected chi connectivity index (χ4v) is 4.58. The molecule has 0 aliphatic carbocycles. The molecule has 3 heterocycles. The van der Waals surface area contributed by atoms with Gasteiger partial charge in [-0.2, -0.15) is 10.2 Å². The predicted octanol–water partition coefficient (Wildman–Crippen LogP) is 0.784. The molecule has 0 N–H and O–H groups in total. The van der Waals surface area contributed by atoms with Crippen LogP contribution >= 0.6 is 0 Å². The molecule has 134 valence electrons. The average Bonchev–Trinajstić information content (AvgIpc) is 2.99. The standard InChI is InChI=1S/C17H15FN4O3S/c18-14-2-1-11(5-12(14)7-19)9-25-15-6-16-21-3-4-26(24)10-13(21)8-22(16)17(23)20-15/h1-2,5-6,13H,3-4,8-10H2. The Morgan fingerprint density at radius 3 is 3.08 bits per heavy atom. The third-order valence-electron chi connectivity index (χ3n) is 4.57. The molecule has 26 heavy (non-hydrogen) atoms. The number of hydrogen-bond acceptors (Lipinski definition) is 6. The lowest BCUT2D eigenvalue weighted by molar-refractivity contribution is 0.291. The van der Waals surface area contributed by atoms with Crippen LogP contribution in [0.5, 0.6) is 5.88 Å². The van der Waals surface area contributed by atoms with Crippen molar-refractivity contribution >= 4 is 16.6 Å². The van der Waals surface area contributed by atoms with Gasteiger partial charge >= 0.3 is 5.69 Å². The predicted molar refractivity (Wildman–Crippen MR) is 93.0 cm³/mol. The van der Waals surface area contributed by atoms with Gasteiger partial charge in [-0.1, -0.05) is 6.07 Å². The Morgan fingerprint density at radius 2 is 2.27 bits per heavy atom. The third-order valence-corrected chi connectivity index (χ3v) is 5.96. The second kappa shape index (κ2) is 6.53. The van der Waals surface area contributed by atoms with E-state index in [4.69, 9.17) is 10.00 Å². The molecule has 9 heteroatoms. The van der Waals surface area contributed by atoms with Gasteiger partial charge in [-0.25, -0.2) is 9.18 Å². The smallest absolute Gasteiger partial charge is 0.352 e. The zero-order valence-electron chi connectivity index (χ0n) is 13.7. The fourth-order valence-electron chi connectivity index (χ4n) is 3.30. The average molecular weight is 374 g/mol. The number of ether oxygens (including phenoxy) is 1. The fraction of sp³-hybridized carbons (Fsp3) is 0.353. The van der Waals surface area contributed by atoms with Crippen LogP contribution in [0.25, 0.3) is 0 Å². The molecular formula is C17H15FN4O3S. The molecule has 0 amide bonds. The summed E-state index contributed by atoms with van der Waals surface area (Å²) in [5.74, 6) is 1.44. The summed E-state index contributed by atoms with van der Waals surface area (Å²) in [4.78, 5) is 18.3. The van der Waals surface area contributed by atoms with E-state index in [9.17, 15) is 13.4 Å². The first kappa shape index (κ1) is 16.7. The van der Waals surface area contributed by atoms with Gasteiger partial charge < -0.3 is 9.64 Å². The first-order chi connectivity index (χ1) is 12.5. The Kier molecular flexibility index (Phi) is 4.20. The van der Waals surface area contributed by atoms with Gasteiger partial charge in [0, 0.05) is 34.9 Å². The third kappa shape index (κ3) is 2.97. The summed E-state index contributed by atoms with van der Waals surface area (Å²) in [6, 6.07) is 7.66. The van der Waals surface area contributed by atoms with E-state index in [1.807, 2.05) is 0 Å². The van der Waals surface area contributed by atoms with Crippen LogP contribution < -0.4 is 15.3 Å². The first-order valence-corrected chi connectivity index (χ1v) is 9.59. The molecule has 2 aliphatic rings. The van der Waals surface area contributed by atoms with Crippen LogP contribution in [0.2, 0.25) is 0 Å². The first-order valence-electron chi connectivity index (χ1n) is 8.10. The number of hydrogen-bond donors (Lipinski definition) is 0. The summed E-state index contributed by atoms with van der Waals surface area (Å²) in [6.07, 6.45) is 0. The van der Waals surface area contributed by atoms with Gasteiger partial charge in [0.05, 0.1) is 18.2 Å². The molecule has 0 radical (unpaired) electrons. The van der Waals surface area contributed by atoms with Crippen LogP contribution in [0, 0.1) is 17.1 Å². The molecule has 1 saturated heterocycles. The topological polar surface area (TPSA) is 88.2 Å². The molecule has 1 fully saturated rings. The van der Waals surface area contributed by atoms with Crippen LogP contribution in [0.15, 0.2) is 29.1 Å². The van der Waals surface area contributed by atoms with E-state index in [0.717, 1.165) is 5.82 Å². The Hall–Kier alpha value is -2.73. The van der Waals surface area contributed by atoms with Crippen molar-refractivity contribution in [3.8, 4) is 11.9 Å². The van der Waals surface area contributed by atoms with Crippen molar-refractivity contribution in [3.63, 3.8) is 0 Å². The molecule has 2 unspecified atom stereocenters. The number of rotatable bonds is 3. The molecule has 0 bridgehead atoms. The quantitative estimate of drug-likeness (QED) is 0.789. The molecule has 0 spiro atoms. The van der Waals surface area contributed by atoms with Gasteiger partial charge in [0.15, 0.2) is 0 Å². The summed E-state index contributed by atoms with van der Waals surface area (Å²) in [5.41, 5.74) is 0.142. The zero-order chi connectivity index (χ0) is 18.3. The maximum absolute atomic E-state index is 13.4. The largest absolute Gasteiger partial charge is 0.473 e. The number of fused-ring (bicyclic) bond motifs is 3. The normalized spacial score (nSPS) is 21.0. The minimum atomic E-state index is -0.850. The number of benzene rings is 1. The van der Waals surface area contributed by atoms with Crippen LogP contribution in [0.4, 0.5) is 10.2 Å². The lowest BCUT2D eigenvalue weighted by atomic mass is 10.1. The summed E-state index contributed by atoms with van der Waals surface area (Å²) in [7, 11) is -0.850. The summed E-state index contributed by atoms with van der Waals surface area (Å²) in [5, 5.41) is 8.88. The summed E-state index contributed by atoms with van der Waals surface area (Å²) >= 11 is 0. The van der Waals surface area contributed by atoms with Crippen molar-refractivity contribution in [2.45, 2.75) is 19.2 Å². The number of nitriles is 1. The van der Waals surface area contributed by atoms with Gasteiger partial charge in [0.1, 0.15) is 24.3 Å². The van der Waals surface area contributed by atoms with Crippen molar-refractivity contribution in [2.75, 3.05) is 23.0 Å². The zero-order valence-corrected chi connectivity index (χ0v) is 14.5. The van der Waals surface area contributed by atoms with Crippen molar-refractivity contribution < 1.29 is 13.3 Å². The van der Waals surface area contributed by atoms with Crippen LogP contribution in [0.1, 0.15) is 11.1 Å². The number of halogens is 1. The van der Waals surface area contributed by atoms with Gasteiger partial charge in [-0.05, 0) is 17.7 Å². The highest BCUT2D eigenvalue weighted by Gasteiger charge is 2.35. The van der Waals surface area contributed by atoms with Gasteiger partial charge in [-0.3, -0.25) is 8.78 Å². The molecular weight excluding hydrogens is 359 g/mol. The second-order valence-electron chi connectivity index (χ2n) is 6.22. The minimum Gasteiger partial charge on any atom is -0.473 e. The molecule has 0 saturated carbocycles. The maximum atomic E-state index is 13.4. The maximum Gasteiger partial charge on any atom is 0.352 e. The Labute approximate surface area is 151 Å². The van der Waals surface area contributed by atoms with E-state index in [0.29, 0.717) is 30.2 Å². The van der Waals surface area contributed by atoms with Crippen molar-refractivity contribution in [1.29, 1.82) is 5.26 Å². The van der Waals surface area contributed by atoms with E-state index >= 15 is 0 Å². The molecule has 1 aromatic carbocycles. The molecule has 7 nitrogen and oxygen atoms in total. The van der Waals surface area contributed by atoms with E-state index in [1.165, 1.54) is 18.2 Å². The lowest BCUT2D eigenvalue weighted by Gasteiger charge is -2.29. The summed E-state index contributed by atoms with van der Waals surface area (Å²) < 4.78 is 32.3. The molecule has 1 aromatic heterocycles. The lowest BCUT2D eigenvalue weighted by Crippen LogP contribution is -2.44. The molecule has 2 aliphatic heterocycles. The number of aromatic nitrogens is 2. The highest BCUT2D eigenvalue weighted by Crippen LogP contribution is 2.29. The Morgan fingerprint density at radius 1 is 1.42 bits per heavy atom. The minimum absolute atomic E-state index is 0.0459. The number of nitrogens with zero attached hydrogens (tertiary/aromatic N) is 4. The second-order valence-corrected chi connectivity index (χ2v) is 7.84. The van der Waals surface area contributed by atoms with Crippen molar-refractivity contribution in [1.82, 2.24) is 9.55 Å². The SMILES string of the molecule is N#Cc1cc(COc2cc3n(c(=O)n2)CC2CS(=O)CCN32)ccc1F. The van der Waals surface area contributed by atoms with E-state index < -0.39 is 22.3 Å². The van der Waals surface area contributed by atoms with Crippen LogP contribution in [-0.2, 0) is 24.0 Å². The number of anilines is 1. The van der Waals surface area contributed by atoms with Gasteiger partial charge in [0.25, 0.3) is 0 Å². The van der Waals surface area contributed by atoms with Crippen LogP contribution in [-0.4, -0.2) is 37.9 Å². The van der Waals surface area contributed by atoms with Crippen molar-refractivity contribution in [2.24, 2.45) is 0 Å². The highest BCUT2D eigenvalue weighted by atomic mass is 32.2. The van der Waals surface area contributed by atoms with Crippen molar-refractivity contribution in [3.05, 3.63) is 51.7 Å². The monoisotopic (exact) mass is 374 g/mol. The molecule has 2 atom stereocenters. The van der Waals surface area contributed by atoms with E-state index in [2.05, 4.69) is 9.88 Å². The summed E-state index contributed by atoms with van der Waals surface area (Å²) in [6.45, 7) is 1.18.